The van der Waals surface area contributed by atoms with Crippen molar-refractivity contribution in [2.75, 3.05) is 19.7 Å². The van der Waals surface area contributed by atoms with Gasteiger partial charge in [-0.2, -0.15) is 25.3 Å². The topological polar surface area (TPSA) is 76.7 Å². The number of benzene rings is 1. The van der Waals surface area contributed by atoms with Crippen molar-refractivity contribution in [1.82, 2.24) is 10.6 Å². The van der Waals surface area contributed by atoms with Crippen LogP contribution in [-0.2, 0) is 21.0 Å². The van der Waals surface area contributed by atoms with Gasteiger partial charge in [0.25, 0.3) is 0 Å². The first kappa shape index (κ1) is 25.5. The summed E-state index contributed by atoms with van der Waals surface area (Å²) < 4.78 is 10.8. The molecule has 29 heavy (non-hydrogen) atoms. The van der Waals surface area contributed by atoms with Gasteiger partial charge in [0.15, 0.2) is 0 Å². The number of hydrogen-bond donors (Lipinski definition) is 4. The Balaban J connectivity index is 2.08. The van der Waals surface area contributed by atoms with Crippen LogP contribution in [0.15, 0.2) is 18.2 Å². The van der Waals surface area contributed by atoms with Gasteiger partial charge in [-0.05, 0) is 56.9 Å². The lowest BCUT2D eigenvalue weighted by Crippen LogP contribution is -2.33. The van der Waals surface area contributed by atoms with Gasteiger partial charge in [-0.25, -0.2) is 4.79 Å². The Morgan fingerprint density at radius 2 is 1.69 bits per heavy atom. The number of thiol groups is 2. The van der Waals surface area contributed by atoms with Gasteiger partial charge in [-0.15, -0.1) is 0 Å². The standard InChI is InChI=1S/C21H34N2O4S2/c1-21(2,3)27-20(25)23-10-6-4-5-7-19(24)22-11-12-26-18-9-8-16(14-28)17(13-18)15-29/h8-9,13,28-29H,4-7,10-12,14-15H2,1-3H3,(H,22,24)(H,23,25). The van der Waals surface area contributed by atoms with Gasteiger partial charge in [0.1, 0.15) is 18.0 Å². The summed E-state index contributed by atoms with van der Waals surface area (Å²) in [5.74, 6) is 2.09. The number of ether oxygens (including phenoxy) is 2. The zero-order chi connectivity index (χ0) is 21.7. The molecule has 0 aliphatic rings. The molecule has 0 saturated heterocycles. The van der Waals surface area contributed by atoms with Gasteiger partial charge < -0.3 is 20.1 Å². The predicted octanol–water partition coefficient (Wildman–Crippen LogP) is 4.13. The van der Waals surface area contributed by atoms with Crippen LogP contribution in [0.5, 0.6) is 5.75 Å². The molecule has 1 aromatic rings. The van der Waals surface area contributed by atoms with Crippen LogP contribution in [0.4, 0.5) is 4.79 Å². The minimum absolute atomic E-state index is 0.00942. The molecule has 8 heteroatoms. The Hall–Kier alpha value is -1.54. The molecule has 0 fully saturated rings. The van der Waals surface area contributed by atoms with Gasteiger partial charge in [-0.3, -0.25) is 4.79 Å². The summed E-state index contributed by atoms with van der Waals surface area (Å²) in [5.41, 5.74) is 1.76. The highest BCUT2D eigenvalue weighted by molar-refractivity contribution is 7.79. The Bertz CT molecular complexity index is 648. The molecule has 2 amide bonds. The minimum atomic E-state index is -0.489. The molecule has 0 aliphatic heterocycles. The van der Waals surface area contributed by atoms with Crippen molar-refractivity contribution in [3.63, 3.8) is 0 Å². The van der Waals surface area contributed by atoms with Crippen molar-refractivity contribution in [1.29, 1.82) is 0 Å². The largest absolute Gasteiger partial charge is 0.492 e. The molecule has 0 unspecified atom stereocenters. The fourth-order valence-electron chi connectivity index (χ4n) is 2.53. The molecule has 164 valence electrons. The number of alkyl carbamates (subject to hydrolysis) is 1. The summed E-state index contributed by atoms with van der Waals surface area (Å²) >= 11 is 8.62. The van der Waals surface area contributed by atoms with Crippen molar-refractivity contribution < 1.29 is 19.1 Å². The van der Waals surface area contributed by atoms with E-state index in [1.54, 1.807) is 0 Å². The summed E-state index contributed by atoms with van der Waals surface area (Å²) in [6.07, 6.45) is 2.51. The fraction of sp³-hybridized carbons (Fsp3) is 0.619. The minimum Gasteiger partial charge on any atom is -0.492 e. The Kier molecular flexibility index (Phi) is 12.0. The van der Waals surface area contributed by atoms with Gasteiger partial charge >= 0.3 is 6.09 Å². The predicted molar refractivity (Wildman–Crippen MR) is 123 cm³/mol. The number of hydrogen-bond acceptors (Lipinski definition) is 6. The van der Waals surface area contributed by atoms with Crippen LogP contribution >= 0.6 is 25.3 Å². The van der Waals surface area contributed by atoms with Crippen LogP contribution < -0.4 is 15.4 Å². The van der Waals surface area contributed by atoms with Crippen molar-refractivity contribution in [2.24, 2.45) is 0 Å². The molecule has 0 atom stereocenters. The second kappa shape index (κ2) is 13.6. The Labute approximate surface area is 185 Å². The van der Waals surface area contributed by atoms with Crippen molar-refractivity contribution >= 4 is 37.3 Å². The van der Waals surface area contributed by atoms with Crippen LogP contribution in [-0.4, -0.2) is 37.3 Å². The Morgan fingerprint density at radius 3 is 2.34 bits per heavy atom. The first-order valence-corrected chi connectivity index (χ1v) is 11.2. The number of nitrogens with one attached hydrogen (secondary N) is 2. The molecule has 0 radical (unpaired) electrons. The zero-order valence-corrected chi connectivity index (χ0v) is 19.4. The van der Waals surface area contributed by atoms with Crippen LogP contribution in [0.3, 0.4) is 0 Å². The van der Waals surface area contributed by atoms with Crippen LogP contribution in [0.25, 0.3) is 0 Å². The van der Waals surface area contributed by atoms with Gasteiger partial charge in [0, 0.05) is 24.5 Å². The number of rotatable bonds is 12. The van der Waals surface area contributed by atoms with E-state index in [0.29, 0.717) is 37.6 Å². The Morgan fingerprint density at radius 1 is 0.966 bits per heavy atom. The first-order chi connectivity index (χ1) is 13.7. The summed E-state index contributed by atoms with van der Waals surface area (Å²) in [7, 11) is 0. The van der Waals surface area contributed by atoms with Crippen LogP contribution in [0.1, 0.15) is 57.6 Å². The molecule has 0 aliphatic carbocycles. The van der Waals surface area contributed by atoms with Crippen molar-refractivity contribution in [2.45, 2.75) is 63.6 Å². The van der Waals surface area contributed by atoms with E-state index in [9.17, 15) is 9.59 Å². The van der Waals surface area contributed by atoms with Crippen LogP contribution in [0.2, 0.25) is 0 Å². The molecule has 0 bridgehead atoms. The van der Waals surface area contributed by atoms with E-state index in [1.165, 1.54) is 0 Å². The average molecular weight is 443 g/mol. The molecule has 1 aromatic carbocycles. The third kappa shape index (κ3) is 11.9. The lowest BCUT2D eigenvalue weighted by molar-refractivity contribution is -0.121. The van der Waals surface area contributed by atoms with Crippen LogP contribution in [0, 0.1) is 0 Å². The molecule has 0 spiro atoms. The lowest BCUT2D eigenvalue weighted by atomic mass is 10.1. The highest BCUT2D eigenvalue weighted by atomic mass is 32.1. The van der Waals surface area contributed by atoms with E-state index in [0.717, 1.165) is 36.1 Å². The van der Waals surface area contributed by atoms with E-state index in [4.69, 9.17) is 9.47 Å². The van der Waals surface area contributed by atoms with Gasteiger partial charge in [-0.1, -0.05) is 12.5 Å². The van der Waals surface area contributed by atoms with E-state index in [-0.39, 0.29) is 5.91 Å². The maximum Gasteiger partial charge on any atom is 0.407 e. The SMILES string of the molecule is CC(C)(C)OC(=O)NCCCCCC(=O)NCCOc1ccc(CS)c(CS)c1. The van der Waals surface area contributed by atoms with E-state index < -0.39 is 11.7 Å². The number of amides is 2. The summed E-state index contributed by atoms with van der Waals surface area (Å²) in [4.78, 5) is 23.4. The number of carbonyl (C=O) groups excluding carboxylic acids is 2. The first-order valence-electron chi connectivity index (χ1n) is 9.95. The van der Waals surface area contributed by atoms with Crippen molar-refractivity contribution in [3.8, 4) is 5.75 Å². The third-order valence-electron chi connectivity index (χ3n) is 3.96. The molecule has 2 N–H and O–H groups in total. The normalized spacial score (nSPS) is 11.1. The maximum absolute atomic E-state index is 11.9. The zero-order valence-electron chi connectivity index (χ0n) is 17.6. The molecular formula is C21H34N2O4S2. The van der Waals surface area contributed by atoms with Crippen molar-refractivity contribution in [3.05, 3.63) is 29.3 Å². The van der Waals surface area contributed by atoms with Gasteiger partial charge in [0.05, 0.1) is 6.54 Å². The fourth-order valence-corrected chi connectivity index (χ4v) is 3.14. The smallest absolute Gasteiger partial charge is 0.407 e. The van der Waals surface area contributed by atoms with E-state index in [1.807, 2.05) is 39.0 Å². The highest BCUT2D eigenvalue weighted by Gasteiger charge is 2.15. The molecule has 0 saturated carbocycles. The van der Waals surface area contributed by atoms with Gasteiger partial charge in [0.2, 0.25) is 5.91 Å². The third-order valence-corrected chi connectivity index (χ3v) is 4.64. The molecule has 0 heterocycles. The molecule has 1 rings (SSSR count). The number of carbonyl (C=O) groups is 2. The lowest BCUT2D eigenvalue weighted by Gasteiger charge is -2.19. The summed E-state index contributed by atoms with van der Waals surface area (Å²) in [5, 5.41) is 5.57. The average Bonchev–Trinajstić information content (AvgIpc) is 2.66. The molecule has 6 nitrogen and oxygen atoms in total. The maximum atomic E-state index is 11.9. The highest BCUT2D eigenvalue weighted by Crippen LogP contribution is 2.20. The second-order valence-corrected chi connectivity index (χ2v) is 8.32. The number of unbranched alkanes of at least 4 members (excludes halogenated alkanes) is 2. The molecule has 0 aromatic heterocycles. The summed E-state index contributed by atoms with van der Waals surface area (Å²) in [6.45, 7) is 6.91. The quantitative estimate of drug-likeness (QED) is 0.290. The molecular weight excluding hydrogens is 408 g/mol. The van der Waals surface area contributed by atoms with E-state index in [2.05, 4.69) is 35.9 Å². The van der Waals surface area contributed by atoms with E-state index >= 15 is 0 Å². The monoisotopic (exact) mass is 442 g/mol. The second-order valence-electron chi connectivity index (χ2n) is 7.68. The summed E-state index contributed by atoms with van der Waals surface area (Å²) in [6, 6.07) is 5.86.